The van der Waals surface area contributed by atoms with Gasteiger partial charge in [0.2, 0.25) is 5.88 Å². The molecule has 0 unspecified atom stereocenters. The Labute approximate surface area is 242 Å². The second-order valence-electron chi connectivity index (χ2n) is 10.9. The number of anilines is 2. The number of ether oxygens (including phenoxy) is 2. The van der Waals surface area contributed by atoms with E-state index in [1.54, 1.807) is 45.0 Å². The molecule has 1 saturated heterocycles. The van der Waals surface area contributed by atoms with Crippen LogP contribution in [0.2, 0.25) is 0 Å². The third-order valence-electron chi connectivity index (χ3n) is 6.51. The van der Waals surface area contributed by atoms with Crippen LogP contribution >= 0.6 is 0 Å². The molecule has 0 aromatic carbocycles. The summed E-state index contributed by atoms with van der Waals surface area (Å²) >= 11 is 0. The lowest BCUT2D eigenvalue weighted by Crippen LogP contribution is -2.51. The van der Waals surface area contributed by atoms with Crippen molar-refractivity contribution in [3.63, 3.8) is 0 Å². The van der Waals surface area contributed by atoms with Crippen LogP contribution in [-0.4, -0.2) is 78.1 Å². The molecule has 0 radical (unpaired) electrons. The van der Waals surface area contributed by atoms with E-state index in [2.05, 4.69) is 30.1 Å². The van der Waals surface area contributed by atoms with Crippen LogP contribution in [-0.2, 0) is 11.8 Å². The molecule has 42 heavy (non-hydrogen) atoms. The van der Waals surface area contributed by atoms with Crippen molar-refractivity contribution in [2.24, 2.45) is 7.05 Å². The smallest absolute Gasteiger partial charge is 0.410 e. The van der Waals surface area contributed by atoms with E-state index >= 15 is 0 Å². The molecular formula is C29H31N9O4. The van der Waals surface area contributed by atoms with Crippen LogP contribution in [0.3, 0.4) is 0 Å². The maximum absolute atomic E-state index is 13.1. The Morgan fingerprint density at radius 2 is 1.76 bits per heavy atom. The minimum Gasteiger partial charge on any atom is -0.444 e. The molecule has 1 aliphatic heterocycles. The van der Waals surface area contributed by atoms with E-state index in [9.17, 15) is 9.59 Å². The minimum absolute atomic E-state index is 0.155. The van der Waals surface area contributed by atoms with Gasteiger partial charge in [-0.1, -0.05) is 6.57 Å². The first-order valence-electron chi connectivity index (χ1n) is 13.3. The van der Waals surface area contributed by atoms with Crippen LogP contribution in [0.25, 0.3) is 16.0 Å². The van der Waals surface area contributed by atoms with Gasteiger partial charge in [0.15, 0.2) is 17.6 Å². The molecule has 5 heterocycles. The second kappa shape index (κ2) is 11.3. The Morgan fingerprint density at radius 3 is 2.40 bits per heavy atom. The minimum atomic E-state index is -0.568. The van der Waals surface area contributed by atoms with Gasteiger partial charge in [-0.25, -0.2) is 14.8 Å². The van der Waals surface area contributed by atoms with Gasteiger partial charge in [-0.2, -0.15) is 4.98 Å². The molecule has 5 rings (SSSR count). The van der Waals surface area contributed by atoms with Crippen molar-refractivity contribution in [2.45, 2.75) is 33.3 Å². The molecule has 2 amide bonds. The summed E-state index contributed by atoms with van der Waals surface area (Å²) in [5, 5.41) is 3.26. The van der Waals surface area contributed by atoms with E-state index in [-0.39, 0.29) is 17.8 Å². The molecule has 0 aliphatic carbocycles. The second-order valence-corrected chi connectivity index (χ2v) is 10.9. The first-order valence-corrected chi connectivity index (χ1v) is 13.3. The fourth-order valence-electron chi connectivity index (χ4n) is 4.36. The number of piperazine rings is 1. The van der Waals surface area contributed by atoms with Crippen molar-refractivity contribution in [3.05, 3.63) is 65.5 Å². The summed E-state index contributed by atoms with van der Waals surface area (Å²) in [5.41, 5.74) is 2.46. The van der Waals surface area contributed by atoms with Gasteiger partial charge in [0.25, 0.3) is 11.7 Å². The van der Waals surface area contributed by atoms with Crippen molar-refractivity contribution >= 4 is 40.5 Å². The largest absolute Gasteiger partial charge is 0.444 e. The van der Waals surface area contributed by atoms with Gasteiger partial charge in [-0.15, -0.1) is 4.98 Å². The van der Waals surface area contributed by atoms with Crippen LogP contribution < -0.4 is 10.1 Å². The van der Waals surface area contributed by atoms with Gasteiger partial charge in [0, 0.05) is 45.5 Å². The van der Waals surface area contributed by atoms with E-state index in [1.165, 1.54) is 12.4 Å². The number of carbonyl (C=O) groups is 2. The lowest BCUT2D eigenvalue weighted by molar-refractivity contribution is 0.0141. The number of hydrogen-bond acceptors (Lipinski definition) is 9. The predicted molar refractivity (Wildman–Crippen MR) is 155 cm³/mol. The maximum atomic E-state index is 13.1. The number of pyridine rings is 3. The molecule has 0 atom stereocenters. The summed E-state index contributed by atoms with van der Waals surface area (Å²) in [6, 6.07) is 6.79. The number of aryl methyl sites for hydroxylation is 2. The van der Waals surface area contributed by atoms with Crippen molar-refractivity contribution in [1.29, 1.82) is 0 Å². The van der Waals surface area contributed by atoms with Gasteiger partial charge in [0.1, 0.15) is 16.9 Å². The quantitative estimate of drug-likeness (QED) is 0.335. The van der Waals surface area contributed by atoms with Gasteiger partial charge >= 0.3 is 6.09 Å². The van der Waals surface area contributed by atoms with E-state index in [4.69, 9.17) is 16.0 Å². The number of rotatable bonds is 5. The molecule has 216 valence electrons. The average molecular weight is 570 g/mol. The molecule has 1 N–H and O–H groups in total. The topological polar surface area (TPSA) is 132 Å². The molecule has 0 saturated carbocycles. The zero-order valence-electron chi connectivity index (χ0n) is 24.1. The Balaban J connectivity index is 1.28. The van der Waals surface area contributed by atoms with Crippen LogP contribution in [0.5, 0.6) is 11.6 Å². The standard InChI is InChI=1S/C29H31N9O4/c1-18-13-23(30-5)32-16-21(18)41-24-14-20(25-26(35-24)36(6)17-33-25)34-22-8-7-19(15-31-22)27(39)37-9-11-38(12-10-37)28(40)42-29(2,3)4/h7-8,13-17H,9-12H2,1-4,6H3,(H,31,34,35). The van der Waals surface area contributed by atoms with Gasteiger partial charge < -0.3 is 34.0 Å². The van der Waals surface area contributed by atoms with E-state index in [0.717, 1.165) is 5.56 Å². The number of aromatic nitrogens is 5. The van der Waals surface area contributed by atoms with Crippen LogP contribution in [0.4, 0.5) is 22.1 Å². The Morgan fingerprint density at radius 1 is 1.02 bits per heavy atom. The lowest BCUT2D eigenvalue weighted by Gasteiger charge is -2.35. The monoisotopic (exact) mass is 569 g/mol. The van der Waals surface area contributed by atoms with Crippen LogP contribution in [0, 0.1) is 13.5 Å². The lowest BCUT2D eigenvalue weighted by atomic mass is 10.2. The number of carbonyl (C=O) groups excluding carboxylic acids is 2. The van der Waals surface area contributed by atoms with Crippen LogP contribution in [0.15, 0.2) is 43.0 Å². The molecule has 13 heteroatoms. The number of fused-ring (bicyclic) bond motifs is 1. The van der Waals surface area contributed by atoms with Crippen LogP contribution in [0.1, 0.15) is 36.7 Å². The first-order chi connectivity index (χ1) is 20.0. The first kappa shape index (κ1) is 28.3. The predicted octanol–water partition coefficient (Wildman–Crippen LogP) is 4.85. The summed E-state index contributed by atoms with van der Waals surface area (Å²) < 4.78 is 13.2. The highest BCUT2D eigenvalue weighted by atomic mass is 16.6. The Kier molecular flexibility index (Phi) is 7.62. The number of amides is 2. The number of nitrogens with one attached hydrogen (secondary N) is 1. The van der Waals surface area contributed by atoms with Crippen molar-refractivity contribution in [3.8, 4) is 11.6 Å². The van der Waals surface area contributed by atoms with Crippen molar-refractivity contribution in [2.75, 3.05) is 31.5 Å². The number of imidazole rings is 1. The van der Waals surface area contributed by atoms with Crippen molar-refractivity contribution < 1.29 is 19.1 Å². The summed E-state index contributed by atoms with van der Waals surface area (Å²) in [4.78, 5) is 49.7. The van der Waals surface area contributed by atoms with Gasteiger partial charge in [-0.05, 0) is 51.5 Å². The summed E-state index contributed by atoms with van der Waals surface area (Å²) in [6.07, 6.45) is 4.30. The highest BCUT2D eigenvalue weighted by molar-refractivity contribution is 5.94. The fourth-order valence-corrected chi connectivity index (χ4v) is 4.36. The number of hydrogen-bond donors (Lipinski definition) is 1. The van der Waals surface area contributed by atoms with E-state index < -0.39 is 5.60 Å². The third-order valence-corrected chi connectivity index (χ3v) is 6.51. The number of nitrogens with zero attached hydrogens (tertiary/aromatic N) is 8. The molecule has 4 aromatic rings. The Bertz CT molecular complexity index is 1680. The summed E-state index contributed by atoms with van der Waals surface area (Å²) in [6.45, 7) is 16.1. The zero-order valence-corrected chi connectivity index (χ0v) is 24.1. The van der Waals surface area contributed by atoms with E-state index in [0.29, 0.717) is 66.0 Å². The normalized spacial score (nSPS) is 13.5. The molecule has 1 aliphatic rings. The molecule has 0 bridgehead atoms. The highest BCUT2D eigenvalue weighted by Gasteiger charge is 2.28. The van der Waals surface area contributed by atoms with Gasteiger partial charge in [-0.3, -0.25) is 4.79 Å². The third kappa shape index (κ3) is 6.22. The molecular weight excluding hydrogens is 538 g/mol. The zero-order chi connectivity index (χ0) is 30.0. The maximum Gasteiger partial charge on any atom is 0.410 e. The summed E-state index contributed by atoms with van der Waals surface area (Å²) in [5.74, 6) is 1.43. The molecule has 13 nitrogen and oxygen atoms in total. The van der Waals surface area contributed by atoms with Crippen molar-refractivity contribution in [1.82, 2.24) is 34.3 Å². The SMILES string of the molecule is [C-]#[N+]c1cc(C)c(Oc2cc(Nc3ccc(C(=O)N4CCN(C(=O)OC(C)(C)C)CC4)cn3)c3ncn(C)c3n2)cn1. The summed E-state index contributed by atoms with van der Waals surface area (Å²) in [7, 11) is 1.83. The van der Waals surface area contributed by atoms with Gasteiger partial charge in [0.05, 0.1) is 17.6 Å². The van der Waals surface area contributed by atoms with E-state index in [1.807, 2.05) is 34.7 Å². The molecule has 4 aromatic heterocycles. The average Bonchev–Trinajstić information content (AvgIpc) is 3.34. The highest BCUT2D eigenvalue weighted by Crippen LogP contribution is 2.31. The Hall–Kier alpha value is -5.25. The molecule has 0 spiro atoms. The fraction of sp³-hybridized carbons (Fsp3) is 0.345. The molecule has 1 fully saturated rings.